The number of halogens is 3. The quantitative estimate of drug-likeness (QED) is 0.486. The number of nitrogens with one attached hydrogen (secondary N) is 1. The van der Waals surface area contributed by atoms with Gasteiger partial charge in [0.05, 0.1) is 0 Å². The topological polar surface area (TPSA) is 38.0 Å². The fourth-order valence-electron chi connectivity index (χ4n) is 1.75. The monoisotopic (exact) mass is 262 g/mol. The molecular weight excluding hydrogens is 246 g/mol. The van der Waals surface area contributed by atoms with E-state index in [0.29, 0.717) is 11.5 Å². The Hall–Kier alpha value is -0.710. The zero-order valence-electron chi connectivity index (χ0n) is 9.88. The minimum absolute atomic E-state index is 0.394. The van der Waals surface area contributed by atoms with Crippen molar-refractivity contribution in [2.45, 2.75) is 31.7 Å². The van der Waals surface area contributed by atoms with Crippen LogP contribution in [0.5, 0.6) is 0 Å². The molecule has 1 aromatic rings. The van der Waals surface area contributed by atoms with Crippen LogP contribution in [0.3, 0.4) is 0 Å². The Balaban J connectivity index is 2.97. The molecule has 0 aliphatic heterocycles. The van der Waals surface area contributed by atoms with Crippen LogP contribution in [-0.4, -0.2) is 5.38 Å². The third kappa shape index (κ3) is 4.22. The summed E-state index contributed by atoms with van der Waals surface area (Å²) >= 11 is 5.02. The van der Waals surface area contributed by atoms with Crippen molar-refractivity contribution in [2.75, 3.05) is 0 Å². The SMILES string of the molecule is CC(C)Cc1cccc(C(NN)C(F)(F)Cl)c1. The Morgan fingerprint density at radius 3 is 2.53 bits per heavy atom. The Morgan fingerprint density at radius 1 is 1.41 bits per heavy atom. The number of hydrogen-bond donors (Lipinski definition) is 2. The molecule has 0 bridgehead atoms. The van der Waals surface area contributed by atoms with E-state index in [9.17, 15) is 8.78 Å². The summed E-state index contributed by atoms with van der Waals surface area (Å²) in [6, 6.07) is 5.56. The lowest BCUT2D eigenvalue weighted by molar-refractivity contribution is 0.0497. The molecule has 1 aromatic carbocycles. The van der Waals surface area contributed by atoms with Gasteiger partial charge in [-0.2, -0.15) is 8.78 Å². The van der Waals surface area contributed by atoms with Gasteiger partial charge in [0.2, 0.25) is 0 Å². The number of benzene rings is 1. The standard InChI is InChI=1S/C12H17ClF2N2/c1-8(2)6-9-4-3-5-10(7-9)11(17-16)12(13,14)15/h3-5,7-8,11,17H,6,16H2,1-2H3. The van der Waals surface area contributed by atoms with Crippen molar-refractivity contribution in [1.29, 1.82) is 0 Å². The molecule has 0 heterocycles. The van der Waals surface area contributed by atoms with Crippen LogP contribution in [0.1, 0.15) is 31.0 Å². The molecule has 0 fully saturated rings. The van der Waals surface area contributed by atoms with Crippen molar-refractivity contribution in [2.24, 2.45) is 11.8 Å². The first kappa shape index (κ1) is 14.4. The average Bonchev–Trinajstić information content (AvgIpc) is 2.15. The molecule has 3 N–H and O–H groups in total. The van der Waals surface area contributed by atoms with Crippen molar-refractivity contribution < 1.29 is 8.78 Å². The van der Waals surface area contributed by atoms with E-state index < -0.39 is 11.4 Å². The van der Waals surface area contributed by atoms with Crippen LogP contribution in [0.15, 0.2) is 24.3 Å². The Labute approximate surface area is 105 Å². The van der Waals surface area contributed by atoms with Crippen LogP contribution in [0.4, 0.5) is 8.78 Å². The van der Waals surface area contributed by atoms with Crippen molar-refractivity contribution in [1.82, 2.24) is 5.43 Å². The Kier molecular flexibility index (Phi) is 4.86. The first-order chi connectivity index (χ1) is 7.84. The van der Waals surface area contributed by atoms with Gasteiger partial charge in [-0.1, -0.05) is 38.1 Å². The van der Waals surface area contributed by atoms with Gasteiger partial charge in [0.25, 0.3) is 0 Å². The van der Waals surface area contributed by atoms with Crippen molar-refractivity contribution in [3.8, 4) is 0 Å². The maximum absolute atomic E-state index is 13.1. The molecule has 0 amide bonds. The fraction of sp³-hybridized carbons (Fsp3) is 0.500. The average molecular weight is 263 g/mol. The van der Waals surface area contributed by atoms with Gasteiger partial charge in [0.15, 0.2) is 0 Å². The van der Waals surface area contributed by atoms with E-state index >= 15 is 0 Å². The molecule has 2 nitrogen and oxygen atoms in total. The van der Waals surface area contributed by atoms with E-state index in [-0.39, 0.29) is 0 Å². The van der Waals surface area contributed by atoms with E-state index in [2.05, 4.69) is 19.3 Å². The largest absolute Gasteiger partial charge is 0.342 e. The van der Waals surface area contributed by atoms with Crippen molar-refractivity contribution in [3.63, 3.8) is 0 Å². The minimum Gasteiger partial charge on any atom is -0.271 e. The van der Waals surface area contributed by atoms with E-state index in [0.717, 1.165) is 12.0 Å². The normalized spacial score (nSPS) is 14.1. The highest BCUT2D eigenvalue weighted by molar-refractivity contribution is 6.22. The first-order valence-electron chi connectivity index (χ1n) is 5.46. The maximum atomic E-state index is 13.1. The summed E-state index contributed by atoms with van der Waals surface area (Å²) in [4.78, 5) is 0. The molecule has 17 heavy (non-hydrogen) atoms. The van der Waals surface area contributed by atoms with Crippen molar-refractivity contribution >= 4 is 11.6 Å². The summed E-state index contributed by atoms with van der Waals surface area (Å²) < 4.78 is 26.2. The fourth-order valence-corrected chi connectivity index (χ4v) is 1.94. The summed E-state index contributed by atoms with van der Waals surface area (Å²) in [5, 5.41) is -3.41. The maximum Gasteiger partial charge on any atom is 0.342 e. The summed E-state index contributed by atoms with van der Waals surface area (Å²) in [6.07, 6.45) is 0.832. The van der Waals surface area contributed by atoms with Crippen LogP contribution in [0, 0.1) is 5.92 Å². The highest BCUT2D eigenvalue weighted by Crippen LogP contribution is 2.34. The number of alkyl halides is 3. The molecule has 0 aliphatic rings. The van der Waals surface area contributed by atoms with Gasteiger partial charge < -0.3 is 0 Å². The van der Waals surface area contributed by atoms with Crippen LogP contribution in [0.25, 0.3) is 0 Å². The van der Waals surface area contributed by atoms with Crippen LogP contribution >= 0.6 is 11.6 Å². The molecule has 1 rings (SSSR count). The summed E-state index contributed by atoms with van der Waals surface area (Å²) in [5.74, 6) is 5.59. The van der Waals surface area contributed by atoms with Gasteiger partial charge in [-0.3, -0.25) is 5.84 Å². The minimum atomic E-state index is -3.41. The number of rotatable bonds is 5. The lowest BCUT2D eigenvalue weighted by Gasteiger charge is -2.21. The number of hydrazine groups is 1. The van der Waals surface area contributed by atoms with Crippen LogP contribution < -0.4 is 11.3 Å². The van der Waals surface area contributed by atoms with Crippen molar-refractivity contribution in [3.05, 3.63) is 35.4 Å². The zero-order valence-corrected chi connectivity index (χ0v) is 10.6. The molecule has 0 saturated carbocycles. The lowest BCUT2D eigenvalue weighted by Crippen LogP contribution is -2.37. The number of hydrogen-bond acceptors (Lipinski definition) is 2. The molecule has 5 heteroatoms. The lowest BCUT2D eigenvalue weighted by atomic mass is 9.98. The predicted octanol–water partition coefficient (Wildman–Crippen LogP) is 3.22. The third-order valence-electron chi connectivity index (χ3n) is 2.42. The third-order valence-corrected chi connectivity index (χ3v) is 2.64. The van der Waals surface area contributed by atoms with Gasteiger partial charge in [-0.15, -0.1) is 0 Å². The Bertz CT molecular complexity index is 364. The summed E-state index contributed by atoms with van der Waals surface area (Å²) in [7, 11) is 0. The first-order valence-corrected chi connectivity index (χ1v) is 5.84. The molecule has 1 unspecified atom stereocenters. The van der Waals surface area contributed by atoms with Gasteiger partial charge in [0, 0.05) is 0 Å². The number of nitrogens with two attached hydrogens (primary N) is 1. The second kappa shape index (κ2) is 5.76. The van der Waals surface area contributed by atoms with Gasteiger partial charge in [0.1, 0.15) is 6.04 Å². The molecule has 0 spiro atoms. The van der Waals surface area contributed by atoms with E-state index in [1.165, 1.54) is 0 Å². The van der Waals surface area contributed by atoms with E-state index in [4.69, 9.17) is 17.4 Å². The summed E-state index contributed by atoms with van der Waals surface area (Å²) in [5.41, 5.74) is 3.45. The highest BCUT2D eigenvalue weighted by Gasteiger charge is 2.37. The van der Waals surface area contributed by atoms with Gasteiger partial charge >= 0.3 is 5.38 Å². The molecule has 0 radical (unpaired) electrons. The van der Waals surface area contributed by atoms with Gasteiger partial charge in [-0.25, -0.2) is 5.43 Å². The van der Waals surface area contributed by atoms with Gasteiger partial charge in [-0.05, 0) is 35.1 Å². The van der Waals surface area contributed by atoms with Crippen LogP contribution in [-0.2, 0) is 6.42 Å². The molecular formula is C12H17ClF2N2. The Morgan fingerprint density at radius 2 is 2.06 bits per heavy atom. The second-order valence-electron chi connectivity index (χ2n) is 4.48. The summed E-state index contributed by atoms with van der Waals surface area (Å²) in [6.45, 7) is 4.14. The van der Waals surface area contributed by atoms with E-state index in [1.807, 2.05) is 6.07 Å². The molecule has 0 saturated heterocycles. The van der Waals surface area contributed by atoms with E-state index in [1.54, 1.807) is 18.2 Å². The smallest absolute Gasteiger partial charge is 0.271 e. The molecule has 0 aliphatic carbocycles. The van der Waals surface area contributed by atoms with Crippen LogP contribution in [0.2, 0.25) is 0 Å². The molecule has 96 valence electrons. The highest BCUT2D eigenvalue weighted by atomic mass is 35.5. The predicted molar refractivity (Wildman–Crippen MR) is 65.8 cm³/mol. The second-order valence-corrected chi connectivity index (χ2v) is 4.99. The zero-order chi connectivity index (χ0) is 13.1. The molecule has 1 atom stereocenters. The molecule has 0 aromatic heterocycles.